The monoisotopic (exact) mass is 393 g/mol. The molecular formula is C16H16FN5O4S. The number of benzene rings is 1. The van der Waals surface area contributed by atoms with Gasteiger partial charge in [0.15, 0.2) is 0 Å². The molecule has 0 aliphatic heterocycles. The number of carbonyl (C=O) groups is 1. The fraction of sp³-hybridized carbons (Fsp3) is 0.250. The lowest BCUT2D eigenvalue weighted by atomic mass is 10.2. The van der Waals surface area contributed by atoms with E-state index in [1.165, 1.54) is 22.8 Å². The maximum absolute atomic E-state index is 14.3. The number of aryl methyl sites for hydroxylation is 1. The standard InChI is InChI=1S/C16H16FN5O4S/c1-9(2)26-14(23)11-5-4-6-12(17)13(11)21-27(24,25)16-19-15-18-7-10(3)8-22(15)20-16/h4-9,21H,1-3H3. The van der Waals surface area contributed by atoms with Gasteiger partial charge in [-0.15, -0.1) is 5.10 Å². The molecule has 3 rings (SSSR count). The van der Waals surface area contributed by atoms with Crippen molar-refractivity contribution in [2.45, 2.75) is 32.0 Å². The summed E-state index contributed by atoms with van der Waals surface area (Å²) in [4.78, 5) is 20.0. The van der Waals surface area contributed by atoms with Gasteiger partial charge in [-0.2, -0.15) is 13.4 Å². The van der Waals surface area contributed by atoms with E-state index in [9.17, 15) is 17.6 Å². The number of carbonyl (C=O) groups excluding carboxylic acids is 1. The summed E-state index contributed by atoms with van der Waals surface area (Å²) >= 11 is 0. The van der Waals surface area contributed by atoms with Crippen LogP contribution in [0.3, 0.4) is 0 Å². The number of nitrogens with zero attached hydrogens (tertiary/aromatic N) is 4. The molecule has 0 amide bonds. The van der Waals surface area contributed by atoms with E-state index in [0.717, 1.165) is 11.6 Å². The van der Waals surface area contributed by atoms with E-state index in [1.54, 1.807) is 27.0 Å². The molecule has 1 N–H and O–H groups in total. The quantitative estimate of drug-likeness (QED) is 0.659. The van der Waals surface area contributed by atoms with E-state index in [0.29, 0.717) is 0 Å². The van der Waals surface area contributed by atoms with Crippen LogP contribution in [0.2, 0.25) is 0 Å². The van der Waals surface area contributed by atoms with Crippen molar-refractivity contribution < 1.29 is 22.3 Å². The molecule has 0 unspecified atom stereocenters. The Morgan fingerprint density at radius 1 is 1.33 bits per heavy atom. The third-order valence-corrected chi connectivity index (χ3v) is 4.48. The summed E-state index contributed by atoms with van der Waals surface area (Å²) in [6, 6.07) is 3.56. The largest absolute Gasteiger partial charge is 0.459 e. The molecule has 0 aliphatic rings. The molecule has 1 aromatic carbocycles. The molecule has 2 heterocycles. The van der Waals surface area contributed by atoms with Gasteiger partial charge in [-0.1, -0.05) is 6.07 Å². The van der Waals surface area contributed by atoms with Gasteiger partial charge in [-0.25, -0.2) is 18.7 Å². The molecule has 0 saturated carbocycles. The van der Waals surface area contributed by atoms with Crippen LogP contribution in [0.15, 0.2) is 35.7 Å². The van der Waals surface area contributed by atoms with Crippen LogP contribution in [0, 0.1) is 12.7 Å². The first-order valence-corrected chi connectivity index (χ1v) is 9.37. The summed E-state index contributed by atoms with van der Waals surface area (Å²) in [5.74, 6) is -1.73. The lowest BCUT2D eigenvalue weighted by molar-refractivity contribution is 0.0378. The first kappa shape index (κ1) is 18.7. The SMILES string of the molecule is Cc1cnc2nc(S(=O)(=O)Nc3c(F)cccc3C(=O)OC(C)C)nn2c1. The number of aromatic nitrogens is 4. The first-order chi connectivity index (χ1) is 12.7. The highest BCUT2D eigenvalue weighted by Gasteiger charge is 2.26. The van der Waals surface area contributed by atoms with Crippen LogP contribution in [0.5, 0.6) is 0 Å². The molecule has 142 valence electrons. The molecule has 3 aromatic rings. The Balaban J connectivity index is 2.01. The van der Waals surface area contributed by atoms with Gasteiger partial charge >= 0.3 is 5.97 Å². The van der Waals surface area contributed by atoms with Crippen LogP contribution in [0.1, 0.15) is 29.8 Å². The van der Waals surface area contributed by atoms with Crippen molar-refractivity contribution >= 4 is 27.5 Å². The van der Waals surface area contributed by atoms with Crippen molar-refractivity contribution in [3.63, 3.8) is 0 Å². The van der Waals surface area contributed by atoms with Crippen LogP contribution >= 0.6 is 0 Å². The Hall–Kier alpha value is -3.08. The highest BCUT2D eigenvalue weighted by atomic mass is 32.2. The smallest absolute Gasteiger partial charge is 0.340 e. The van der Waals surface area contributed by atoms with Crippen LogP contribution < -0.4 is 4.72 Å². The summed E-state index contributed by atoms with van der Waals surface area (Å²) in [6.07, 6.45) is 2.59. The normalized spacial score (nSPS) is 11.7. The molecule has 0 spiro atoms. The molecule has 0 radical (unpaired) electrons. The number of hydrogen-bond acceptors (Lipinski definition) is 7. The predicted molar refractivity (Wildman–Crippen MR) is 93.3 cm³/mol. The number of fused-ring (bicyclic) bond motifs is 1. The second kappa shape index (κ2) is 6.91. The maximum atomic E-state index is 14.3. The summed E-state index contributed by atoms with van der Waals surface area (Å²) < 4.78 is 47.7. The zero-order valence-electron chi connectivity index (χ0n) is 14.7. The number of halogens is 1. The molecule has 27 heavy (non-hydrogen) atoms. The van der Waals surface area contributed by atoms with Crippen LogP contribution in [-0.2, 0) is 14.8 Å². The van der Waals surface area contributed by atoms with Gasteiger partial charge in [-0.3, -0.25) is 4.72 Å². The van der Waals surface area contributed by atoms with Gasteiger partial charge in [-0.05, 0) is 38.5 Å². The second-order valence-corrected chi connectivity index (χ2v) is 7.57. The summed E-state index contributed by atoms with van der Waals surface area (Å²) in [7, 11) is -4.38. The number of para-hydroxylation sites is 1. The average molecular weight is 393 g/mol. The van der Waals surface area contributed by atoms with Crippen molar-refractivity contribution in [3.8, 4) is 0 Å². The van der Waals surface area contributed by atoms with E-state index >= 15 is 0 Å². The Kier molecular flexibility index (Phi) is 4.79. The highest BCUT2D eigenvalue weighted by Crippen LogP contribution is 2.24. The Morgan fingerprint density at radius 3 is 2.78 bits per heavy atom. The average Bonchev–Trinajstić information content (AvgIpc) is 3.00. The van der Waals surface area contributed by atoms with Crippen molar-refractivity contribution in [3.05, 3.63) is 47.5 Å². The van der Waals surface area contributed by atoms with E-state index in [-0.39, 0.29) is 11.3 Å². The maximum Gasteiger partial charge on any atom is 0.340 e. The van der Waals surface area contributed by atoms with Crippen molar-refractivity contribution in [2.75, 3.05) is 4.72 Å². The molecule has 0 saturated heterocycles. The number of rotatable bonds is 5. The minimum atomic E-state index is -4.38. The second-order valence-electron chi connectivity index (χ2n) is 5.99. The zero-order valence-corrected chi connectivity index (χ0v) is 15.5. The number of anilines is 1. The molecule has 0 aliphatic carbocycles. The summed E-state index contributed by atoms with van der Waals surface area (Å²) in [5, 5.41) is 3.24. The molecule has 9 nitrogen and oxygen atoms in total. The van der Waals surface area contributed by atoms with Gasteiger partial charge in [0.05, 0.1) is 17.4 Å². The van der Waals surface area contributed by atoms with Crippen LogP contribution in [0.4, 0.5) is 10.1 Å². The van der Waals surface area contributed by atoms with Gasteiger partial charge in [0.1, 0.15) is 5.82 Å². The fourth-order valence-electron chi connectivity index (χ4n) is 2.23. The third-order valence-electron chi connectivity index (χ3n) is 3.36. The highest BCUT2D eigenvalue weighted by molar-refractivity contribution is 7.92. The number of hydrogen-bond donors (Lipinski definition) is 1. The Morgan fingerprint density at radius 2 is 2.07 bits per heavy atom. The van der Waals surface area contributed by atoms with Crippen molar-refractivity contribution in [1.82, 2.24) is 19.6 Å². The molecule has 0 bridgehead atoms. The van der Waals surface area contributed by atoms with E-state index in [1.807, 2.05) is 4.72 Å². The van der Waals surface area contributed by atoms with Gasteiger partial charge in [0, 0.05) is 12.4 Å². The van der Waals surface area contributed by atoms with Gasteiger partial charge in [0.2, 0.25) is 0 Å². The third kappa shape index (κ3) is 3.87. The Labute approximate surface area is 154 Å². The van der Waals surface area contributed by atoms with Crippen LogP contribution in [0.25, 0.3) is 5.78 Å². The summed E-state index contributed by atoms with van der Waals surface area (Å²) in [5.41, 5.74) is -0.0479. The molecule has 2 aromatic heterocycles. The van der Waals surface area contributed by atoms with Gasteiger partial charge in [0.25, 0.3) is 21.0 Å². The first-order valence-electron chi connectivity index (χ1n) is 7.89. The topological polar surface area (TPSA) is 116 Å². The predicted octanol–water partition coefficient (Wildman–Crippen LogP) is 1.94. The number of nitrogens with one attached hydrogen (secondary N) is 1. The number of esters is 1. The number of ether oxygens (including phenoxy) is 1. The Bertz CT molecular complexity index is 1130. The van der Waals surface area contributed by atoms with Crippen LogP contribution in [-0.4, -0.2) is 40.1 Å². The lowest BCUT2D eigenvalue weighted by Gasteiger charge is -2.13. The van der Waals surface area contributed by atoms with Gasteiger partial charge < -0.3 is 4.74 Å². The number of sulfonamides is 1. The van der Waals surface area contributed by atoms with E-state index in [2.05, 4.69) is 15.1 Å². The molecule has 0 atom stereocenters. The summed E-state index contributed by atoms with van der Waals surface area (Å²) in [6.45, 7) is 5.00. The van der Waals surface area contributed by atoms with E-state index < -0.39 is 38.8 Å². The van der Waals surface area contributed by atoms with E-state index in [4.69, 9.17) is 4.74 Å². The minimum absolute atomic E-state index is 0.0638. The fourth-order valence-corrected chi connectivity index (χ4v) is 3.19. The minimum Gasteiger partial charge on any atom is -0.459 e. The molecular weight excluding hydrogens is 377 g/mol. The lowest BCUT2D eigenvalue weighted by Crippen LogP contribution is -2.20. The zero-order chi connectivity index (χ0) is 19.8. The molecule has 11 heteroatoms. The van der Waals surface area contributed by atoms with Crippen molar-refractivity contribution in [2.24, 2.45) is 0 Å². The molecule has 0 fully saturated rings. The van der Waals surface area contributed by atoms with Crippen molar-refractivity contribution in [1.29, 1.82) is 0 Å².